The highest BCUT2D eigenvalue weighted by molar-refractivity contribution is 6.30. The maximum absolute atomic E-state index is 14.0. The number of fused-ring (bicyclic) bond motifs is 2. The van der Waals surface area contributed by atoms with Gasteiger partial charge in [-0.3, -0.25) is 14.5 Å². The van der Waals surface area contributed by atoms with Crippen LogP contribution in [0.5, 0.6) is 11.5 Å². The standard InChI is InChI=1S/C26H18ClFN2O5/c1-3-10-34-19-7-4-14(11-20(19)33-2)23-22-24(31)17-12-16(28)6-8-18(17)35-25(22)26(32)30(23)21-9-5-15(27)13-29-21/h3-9,11-13,23H,1,10H2,2H3. The van der Waals surface area contributed by atoms with Gasteiger partial charge in [0.25, 0.3) is 5.91 Å². The monoisotopic (exact) mass is 492 g/mol. The van der Waals surface area contributed by atoms with Crippen LogP contribution in [-0.4, -0.2) is 24.6 Å². The molecular formula is C26H18ClFN2O5. The van der Waals surface area contributed by atoms with E-state index in [1.165, 1.54) is 30.3 Å². The molecule has 0 saturated heterocycles. The number of carbonyl (C=O) groups excluding carboxylic acids is 1. The molecule has 7 nitrogen and oxygen atoms in total. The molecule has 0 saturated carbocycles. The lowest BCUT2D eigenvalue weighted by atomic mass is 9.98. The quantitative estimate of drug-likeness (QED) is 0.339. The van der Waals surface area contributed by atoms with Gasteiger partial charge in [0, 0.05) is 6.20 Å². The SMILES string of the molecule is C=CCOc1ccc(C2c3c(oc4ccc(F)cc4c3=O)C(=O)N2c2ccc(Cl)cn2)cc1OC. The van der Waals surface area contributed by atoms with Crippen LogP contribution in [0.3, 0.4) is 0 Å². The summed E-state index contributed by atoms with van der Waals surface area (Å²) in [5, 5.41) is 0.417. The number of methoxy groups -OCH3 is 1. The van der Waals surface area contributed by atoms with E-state index >= 15 is 0 Å². The second kappa shape index (κ2) is 8.88. The van der Waals surface area contributed by atoms with Gasteiger partial charge in [0.15, 0.2) is 16.9 Å². The molecule has 5 rings (SSSR count). The maximum Gasteiger partial charge on any atom is 0.296 e. The first-order valence-corrected chi connectivity index (χ1v) is 10.9. The molecule has 0 spiro atoms. The van der Waals surface area contributed by atoms with Gasteiger partial charge in [-0.1, -0.05) is 30.3 Å². The third-order valence-electron chi connectivity index (χ3n) is 5.65. The summed E-state index contributed by atoms with van der Waals surface area (Å²) in [7, 11) is 1.48. The molecule has 1 amide bonds. The molecule has 1 aliphatic rings. The predicted molar refractivity (Wildman–Crippen MR) is 129 cm³/mol. The van der Waals surface area contributed by atoms with Crippen LogP contribution in [0.4, 0.5) is 10.2 Å². The Hall–Kier alpha value is -4.17. The lowest BCUT2D eigenvalue weighted by molar-refractivity contribution is 0.0970. The van der Waals surface area contributed by atoms with Gasteiger partial charge in [-0.15, -0.1) is 0 Å². The Morgan fingerprint density at radius 1 is 1.17 bits per heavy atom. The zero-order valence-corrected chi connectivity index (χ0v) is 19.2. The van der Waals surface area contributed by atoms with Crippen molar-refractivity contribution in [2.75, 3.05) is 18.6 Å². The van der Waals surface area contributed by atoms with Crippen molar-refractivity contribution in [1.82, 2.24) is 4.98 Å². The summed E-state index contributed by atoms with van der Waals surface area (Å²) in [5.74, 6) is -0.172. The second-order valence-corrected chi connectivity index (χ2v) is 8.17. The first-order chi connectivity index (χ1) is 16.9. The van der Waals surface area contributed by atoms with Crippen molar-refractivity contribution in [2.24, 2.45) is 0 Å². The van der Waals surface area contributed by atoms with Crippen LogP contribution >= 0.6 is 11.6 Å². The van der Waals surface area contributed by atoms with Crippen LogP contribution in [-0.2, 0) is 0 Å². The smallest absolute Gasteiger partial charge is 0.296 e. The zero-order chi connectivity index (χ0) is 24.7. The van der Waals surface area contributed by atoms with Gasteiger partial charge in [0.05, 0.1) is 29.1 Å². The van der Waals surface area contributed by atoms with E-state index in [4.69, 9.17) is 25.5 Å². The number of nitrogens with zero attached hydrogens (tertiary/aromatic N) is 2. The van der Waals surface area contributed by atoms with Crippen LogP contribution in [0, 0.1) is 5.82 Å². The minimum absolute atomic E-state index is 0.0327. The summed E-state index contributed by atoms with van der Waals surface area (Å²) in [5.41, 5.74) is 0.215. The van der Waals surface area contributed by atoms with Crippen molar-refractivity contribution in [3.8, 4) is 11.5 Å². The Morgan fingerprint density at radius 3 is 2.71 bits per heavy atom. The average Bonchev–Trinajstić information content (AvgIpc) is 3.16. The van der Waals surface area contributed by atoms with Crippen molar-refractivity contribution in [3.63, 3.8) is 0 Å². The number of benzene rings is 2. The Kier molecular flexibility index (Phi) is 5.74. The maximum atomic E-state index is 14.0. The number of hydrogen-bond acceptors (Lipinski definition) is 6. The highest BCUT2D eigenvalue weighted by atomic mass is 35.5. The number of ether oxygens (including phenoxy) is 2. The molecule has 35 heavy (non-hydrogen) atoms. The Balaban J connectivity index is 1.76. The third kappa shape index (κ3) is 3.81. The van der Waals surface area contributed by atoms with Gasteiger partial charge in [-0.2, -0.15) is 0 Å². The van der Waals surface area contributed by atoms with Crippen molar-refractivity contribution >= 4 is 34.3 Å². The first kappa shape index (κ1) is 22.6. The molecule has 176 valence electrons. The van der Waals surface area contributed by atoms with Crippen LogP contribution < -0.4 is 19.8 Å². The number of halogens is 2. The molecule has 0 aliphatic carbocycles. The van der Waals surface area contributed by atoms with Crippen LogP contribution in [0.15, 0.2) is 76.6 Å². The number of carbonyl (C=O) groups is 1. The molecular weight excluding hydrogens is 475 g/mol. The number of pyridine rings is 1. The fourth-order valence-corrected chi connectivity index (χ4v) is 4.24. The van der Waals surface area contributed by atoms with E-state index in [2.05, 4.69) is 11.6 Å². The lowest BCUT2D eigenvalue weighted by Crippen LogP contribution is -2.30. The molecule has 0 radical (unpaired) electrons. The van der Waals surface area contributed by atoms with Gasteiger partial charge >= 0.3 is 0 Å². The normalized spacial score (nSPS) is 14.8. The Bertz CT molecular complexity index is 1530. The summed E-state index contributed by atoms with van der Waals surface area (Å²) >= 11 is 6.00. The minimum atomic E-state index is -0.919. The molecule has 3 heterocycles. The first-order valence-electron chi connectivity index (χ1n) is 10.6. The van der Waals surface area contributed by atoms with E-state index in [0.29, 0.717) is 22.1 Å². The molecule has 0 bridgehead atoms. The van der Waals surface area contributed by atoms with Crippen molar-refractivity contribution < 1.29 is 23.1 Å². The van der Waals surface area contributed by atoms with E-state index in [9.17, 15) is 14.0 Å². The fourth-order valence-electron chi connectivity index (χ4n) is 4.13. The predicted octanol–water partition coefficient (Wildman–Crippen LogP) is 5.30. The Morgan fingerprint density at radius 2 is 2.00 bits per heavy atom. The molecule has 2 aromatic heterocycles. The number of aromatic nitrogens is 1. The number of amides is 1. The van der Waals surface area contributed by atoms with E-state index in [0.717, 1.165) is 6.07 Å². The minimum Gasteiger partial charge on any atom is -0.493 e. The average molecular weight is 493 g/mol. The van der Waals surface area contributed by atoms with Gasteiger partial charge in [0.1, 0.15) is 23.8 Å². The zero-order valence-electron chi connectivity index (χ0n) is 18.5. The fraction of sp³-hybridized carbons (Fsp3) is 0.115. The second-order valence-electron chi connectivity index (χ2n) is 7.74. The van der Waals surface area contributed by atoms with Crippen LogP contribution in [0.2, 0.25) is 5.02 Å². The summed E-state index contributed by atoms with van der Waals surface area (Å²) in [6.07, 6.45) is 3.00. The molecule has 0 N–H and O–H groups in total. The molecule has 9 heteroatoms. The van der Waals surface area contributed by atoms with Crippen LogP contribution in [0.1, 0.15) is 27.7 Å². The molecule has 1 aliphatic heterocycles. The lowest BCUT2D eigenvalue weighted by Gasteiger charge is -2.25. The summed E-state index contributed by atoms with van der Waals surface area (Å²) in [6, 6.07) is 10.9. The largest absolute Gasteiger partial charge is 0.493 e. The summed E-state index contributed by atoms with van der Waals surface area (Å²) in [4.78, 5) is 32.8. The van der Waals surface area contributed by atoms with Crippen molar-refractivity contribution in [2.45, 2.75) is 6.04 Å². The summed E-state index contributed by atoms with van der Waals surface area (Å²) in [6.45, 7) is 3.90. The number of hydrogen-bond donors (Lipinski definition) is 0. The molecule has 1 atom stereocenters. The number of anilines is 1. The Labute approximate surface area is 204 Å². The van der Waals surface area contributed by atoms with Gasteiger partial charge < -0.3 is 13.9 Å². The number of rotatable bonds is 6. The van der Waals surface area contributed by atoms with Crippen molar-refractivity contribution in [1.29, 1.82) is 0 Å². The van der Waals surface area contributed by atoms with Gasteiger partial charge in [-0.25, -0.2) is 9.37 Å². The molecule has 1 unspecified atom stereocenters. The van der Waals surface area contributed by atoms with Crippen LogP contribution in [0.25, 0.3) is 11.0 Å². The highest BCUT2D eigenvalue weighted by Gasteiger charge is 2.44. The molecule has 2 aromatic carbocycles. The van der Waals surface area contributed by atoms with Gasteiger partial charge in [-0.05, 0) is 48.0 Å². The molecule has 4 aromatic rings. The highest BCUT2D eigenvalue weighted by Crippen LogP contribution is 2.42. The van der Waals surface area contributed by atoms with Crippen molar-refractivity contribution in [3.05, 3.63) is 105 Å². The van der Waals surface area contributed by atoms with E-state index in [1.54, 1.807) is 36.4 Å². The van der Waals surface area contributed by atoms with Gasteiger partial charge in [0.2, 0.25) is 5.76 Å². The summed E-state index contributed by atoms with van der Waals surface area (Å²) < 4.78 is 30.9. The third-order valence-corrected chi connectivity index (χ3v) is 5.87. The van der Waals surface area contributed by atoms with E-state index in [-0.39, 0.29) is 34.7 Å². The topological polar surface area (TPSA) is 81.9 Å². The molecule has 0 fully saturated rings. The van der Waals surface area contributed by atoms with E-state index in [1.807, 2.05) is 0 Å². The van der Waals surface area contributed by atoms with E-state index < -0.39 is 23.2 Å².